The van der Waals surface area contributed by atoms with Gasteiger partial charge in [0.1, 0.15) is 18.2 Å². The smallest absolute Gasteiger partial charge is 0.332 e. The van der Waals surface area contributed by atoms with E-state index in [2.05, 4.69) is 15.7 Å². The van der Waals surface area contributed by atoms with Crippen molar-refractivity contribution in [1.82, 2.24) is 16.1 Å². The van der Waals surface area contributed by atoms with Crippen molar-refractivity contribution < 1.29 is 38.6 Å². The maximum absolute atomic E-state index is 14.1. The van der Waals surface area contributed by atoms with Gasteiger partial charge in [-0.25, -0.2) is 10.2 Å². The molecule has 1 aliphatic heterocycles. The minimum absolute atomic E-state index is 0.0673. The first-order chi connectivity index (χ1) is 22.0. The third kappa shape index (κ3) is 10.0. The summed E-state index contributed by atoms with van der Waals surface area (Å²) in [5.74, 6) is -3.76. The first-order valence-electron chi connectivity index (χ1n) is 14.3. The van der Waals surface area contributed by atoms with Crippen molar-refractivity contribution >= 4 is 76.4 Å². The van der Waals surface area contributed by atoms with Gasteiger partial charge in [-0.3, -0.25) is 28.9 Å². The zero-order valence-electron chi connectivity index (χ0n) is 26.0. The number of nitrogens with two attached hydrogens (primary N) is 1. The van der Waals surface area contributed by atoms with Crippen molar-refractivity contribution in [2.75, 3.05) is 22.9 Å². The number of ether oxygens (including phenoxy) is 1. The molecule has 0 bridgehead atoms. The van der Waals surface area contributed by atoms with Crippen molar-refractivity contribution in [3.05, 3.63) is 52.0 Å². The molecule has 1 aliphatic rings. The zero-order chi connectivity index (χ0) is 35.1. The van der Waals surface area contributed by atoms with Crippen molar-refractivity contribution in [3.63, 3.8) is 0 Å². The van der Waals surface area contributed by atoms with E-state index in [0.717, 1.165) is 23.2 Å². The standard InChI is InChI=1S/C30H35Cl2N7O8/c1-5-24(41)38-14-20(36-27(44)16-10-18(31)26(43)19(32)11-16)28(45)39(22-9-7-6-8-21(22)38)15-23(40)35-17(13-34-37-29(33)46)12-25(42)47-30(2,3)4/h6-11,13,17,20,43H,5,12,14-15H2,1-4H3,(H,35,40)(H,36,44)(H3,33,37,46)/b34-13-/t17-,20-/m0/s1. The van der Waals surface area contributed by atoms with E-state index < -0.39 is 59.7 Å². The highest BCUT2D eigenvalue weighted by Gasteiger charge is 2.38. The lowest BCUT2D eigenvalue weighted by atomic mass is 10.1. The highest BCUT2D eigenvalue weighted by atomic mass is 35.5. The number of halogens is 2. The minimum atomic E-state index is -1.36. The van der Waals surface area contributed by atoms with E-state index in [4.69, 9.17) is 33.7 Å². The van der Waals surface area contributed by atoms with Crippen LogP contribution in [-0.4, -0.2) is 77.7 Å². The molecule has 3 rings (SSSR count). The number of phenols is 1. The van der Waals surface area contributed by atoms with Gasteiger partial charge in [-0.1, -0.05) is 42.3 Å². The predicted molar refractivity (Wildman–Crippen MR) is 174 cm³/mol. The number of benzene rings is 2. The van der Waals surface area contributed by atoms with E-state index in [1.165, 1.54) is 11.0 Å². The second kappa shape index (κ2) is 15.6. The molecule has 1 heterocycles. The molecule has 47 heavy (non-hydrogen) atoms. The second-order valence-electron chi connectivity index (χ2n) is 11.3. The summed E-state index contributed by atoms with van der Waals surface area (Å²) in [5.41, 5.74) is 6.64. The van der Waals surface area contributed by atoms with E-state index in [9.17, 15) is 33.9 Å². The molecule has 6 amide bonds. The molecule has 0 saturated heterocycles. The third-order valence-corrected chi connectivity index (χ3v) is 7.04. The molecular formula is C30H35Cl2N7O8. The Morgan fingerprint density at radius 1 is 1.13 bits per heavy atom. The maximum Gasteiger partial charge on any atom is 0.332 e. The Hall–Kier alpha value is -4.89. The van der Waals surface area contributed by atoms with Crippen molar-refractivity contribution in [2.24, 2.45) is 10.8 Å². The average Bonchev–Trinajstić information content (AvgIpc) is 3.08. The van der Waals surface area contributed by atoms with Gasteiger partial charge < -0.3 is 31.1 Å². The molecule has 6 N–H and O–H groups in total. The highest BCUT2D eigenvalue weighted by molar-refractivity contribution is 6.37. The number of carbonyl (C=O) groups excluding carboxylic acids is 6. The number of hydrogen-bond donors (Lipinski definition) is 5. The maximum atomic E-state index is 14.1. The normalized spacial score (nSPS) is 15.4. The first-order valence-corrected chi connectivity index (χ1v) is 15.1. The number of rotatable bonds is 10. The number of carbonyl (C=O) groups is 6. The Morgan fingerprint density at radius 2 is 1.74 bits per heavy atom. The van der Waals surface area contributed by atoms with Gasteiger partial charge in [0.15, 0.2) is 5.75 Å². The molecular weight excluding hydrogens is 657 g/mol. The molecule has 0 spiro atoms. The molecule has 15 nitrogen and oxygen atoms in total. The topological polar surface area (TPSA) is 213 Å². The number of primary amides is 1. The fourth-order valence-electron chi connectivity index (χ4n) is 4.51. The number of nitrogens with one attached hydrogen (secondary N) is 3. The van der Waals surface area contributed by atoms with Gasteiger partial charge in [-0.15, -0.1) is 0 Å². The number of fused-ring (bicyclic) bond motifs is 1. The number of phenolic OH excluding ortho intramolecular Hbond substituents is 1. The van der Waals surface area contributed by atoms with Crippen molar-refractivity contribution in [1.29, 1.82) is 0 Å². The predicted octanol–water partition coefficient (Wildman–Crippen LogP) is 2.46. The molecule has 0 radical (unpaired) electrons. The molecule has 0 aliphatic carbocycles. The number of hydrazone groups is 1. The summed E-state index contributed by atoms with van der Waals surface area (Å²) in [7, 11) is 0. The molecule has 17 heteroatoms. The number of aromatic hydroxyl groups is 1. The summed E-state index contributed by atoms with van der Waals surface area (Å²) in [6, 6.07) is 5.28. The van der Waals surface area contributed by atoms with Crippen LogP contribution in [0.25, 0.3) is 0 Å². The molecule has 0 aromatic heterocycles. The van der Waals surface area contributed by atoms with Crippen LogP contribution in [0.1, 0.15) is 50.9 Å². The van der Waals surface area contributed by atoms with Gasteiger partial charge in [-0.2, -0.15) is 5.10 Å². The Bertz CT molecular complexity index is 1570. The summed E-state index contributed by atoms with van der Waals surface area (Å²) in [5, 5.41) is 18.3. The highest BCUT2D eigenvalue weighted by Crippen LogP contribution is 2.34. The van der Waals surface area contributed by atoms with Crippen LogP contribution in [0.2, 0.25) is 10.0 Å². The van der Waals surface area contributed by atoms with Gasteiger partial charge in [0, 0.05) is 18.2 Å². The van der Waals surface area contributed by atoms with Crippen LogP contribution in [0, 0.1) is 0 Å². The molecule has 252 valence electrons. The second-order valence-corrected chi connectivity index (χ2v) is 12.1. The van der Waals surface area contributed by atoms with E-state index in [1.807, 2.05) is 5.43 Å². The summed E-state index contributed by atoms with van der Waals surface area (Å²) >= 11 is 12.0. The van der Waals surface area contributed by atoms with Crippen molar-refractivity contribution in [2.45, 2.75) is 58.2 Å². The quantitative estimate of drug-likeness (QED) is 0.141. The molecule has 2 aromatic rings. The Labute approximate surface area is 280 Å². The average molecular weight is 693 g/mol. The number of nitrogens with zero attached hydrogens (tertiary/aromatic N) is 3. The summed E-state index contributed by atoms with van der Waals surface area (Å²) in [6.45, 7) is 5.73. The summed E-state index contributed by atoms with van der Waals surface area (Å²) < 4.78 is 5.32. The van der Waals surface area contributed by atoms with Crippen LogP contribution in [0.5, 0.6) is 5.75 Å². The van der Waals surface area contributed by atoms with Gasteiger partial charge in [0.2, 0.25) is 11.8 Å². The van der Waals surface area contributed by atoms with Gasteiger partial charge in [-0.05, 0) is 45.0 Å². The lowest BCUT2D eigenvalue weighted by Crippen LogP contribution is -2.54. The van der Waals surface area contributed by atoms with Gasteiger partial charge in [0.05, 0.1) is 40.4 Å². The number of para-hydroxylation sites is 2. The van der Waals surface area contributed by atoms with E-state index in [0.29, 0.717) is 5.69 Å². The monoisotopic (exact) mass is 691 g/mol. The van der Waals surface area contributed by atoms with Crippen LogP contribution in [0.15, 0.2) is 41.5 Å². The van der Waals surface area contributed by atoms with E-state index >= 15 is 0 Å². The number of anilines is 2. The van der Waals surface area contributed by atoms with E-state index in [-0.39, 0.29) is 46.6 Å². The fraction of sp³-hybridized carbons (Fsp3) is 0.367. The number of urea groups is 1. The fourth-order valence-corrected chi connectivity index (χ4v) is 5.00. The third-order valence-electron chi connectivity index (χ3n) is 6.46. The largest absolute Gasteiger partial charge is 0.505 e. The number of amides is 6. The summed E-state index contributed by atoms with van der Waals surface area (Å²) in [6.07, 6.45) is 0.758. The first kappa shape index (κ1) is 36.6. The summed E-state index contributed by atoms with van der Waals surface area (Å²) in [4.78, 5) is 79.9. The van der Waals surface area contributed by atoms with E-state index in [1.54, 1.807) is 45.9 Å². The van der Waals surface area contributed by atoms with Crippen LogP contribution in [-0.2, 0) is 23.9 Å². The molecule has 2 atom stereocenters. The SMILES string of the molecule is CCC(=O)N1C[C@H](NC(=O)c2cc(Cl)c(O)c(Cl)c2)C(=O)N(CC(=O)N[C@H](/C=N\NC(N)=O)CC(=O)OC(C)(C)C)c2ccccc21. The molecule has 2 aromatic carbocycles. The van der Waals surface area contributed by atoms with Crippen LogP contribution in [0.3, 0.4) is 0 Å². The Kier molecular flexibility index (Phi) is 12.1. The Balaban J connectivity index is 1.96. The van der Waals surface area contributed by atoms with Crippen LogP contribution >= 0.6 is 23.2 Å². The lowest BCUT2D eigenvalue weighted by Gasteiger charge is -2.26. The lowest BCUT2D eigenvalue weighted by molar-refractivity contribution is -0.155. The number of hydrogen-bond acceptors (Lipinski definition) is 9. The van der Waals surface area contributed by atoms with Crippen LogP contribution in [0.4, 0.5) is 16.2 Å². The van der Waals surface area contributed by atoms with Gasteiger partial charge in [0.25, 0.3) is 11.8 Å². The Morgan fingerprint density at radius 3 is 2.32 bits per heavy atom. The number of esters is 1. The zero-order valence-corrected chi connectivity index (χ0v) is 27.5. The molecule has 0 fully saturated rings. The van der Waals surface area contributed by atoms with Crippen molar-refractivity contribution in [3.8, 4) is 5.75 Å². The van der Waals surface area contributed by atoms with Gasteiger partial charge >= 0.3 is 12.0 Å². The van der Waals surface area contributed by atoms with Crippen LogP contribution < -0.4 is 31.6 Å². The molecule has 0 saturated carbocycles. The minimum Gasteiger partial charge on any atom is -0.505 e. The molecule has 0 unspecified atom stereocenters.